The summed E-state index contributed by atoms with van der Waals surface area (Å²) in [5.74, 6) is 0.679. The van der Waals surface area contributed by atoms with Gasteiger partial charge in [0.05, 0.1) is 4.92 Å². The van der Waals surface area contributed by atoms with Crippen LogP contribution in [0.5, 0.6) is 0 Å². The van der Waals surface area contributed by atoms with Crippen LogP contribution in [-0.2, 0) is 6.54 Å². The number of hydrogen-bond acceptors (Lipinski definition) is 3. The van der Waals surface area contributed by atoms with E-state index in [1.165, 1.54) is 44.6 Å². The Morgan fingerprint density at radius 1 is 1.33 bits per heavy atom. The van der Waals surface area contributed by atoms with Crippen molar-refractivity contribution in [1.82, 2.24) is 5.32 Å². The molecule has 0 aromatic heterocycles. The van der Waals surface area contributed by atoms with E-state index >= 15 is 0 Å². The van der Waals surface area contributed by atoms with Crippen LogP contribution in [0.4, 0.5) is 5.69 Å². The lowest BCUT2D eigenvalue weighted by atomic mass is 9.93. The maximum Gasteiger partial charge on any atom is 0.275 e. The molecule has 2 rings (SSSR count). The number of benzene rings is 1. The third-order valence-electron chi connectivity index (χ3n) is 4.47. The van der Waals surface area contributed by atoms with E-state index in [0.717, 1.165) is 0 Å². The van der Waals surface area contributed by atoms with Crippen molar-refractivity contribution in [3.8, 4) is 0 Å². The van der Waals surface area contributed by atoms with E-state index in [0.29, 0.717) is 29.1 Å². The molecule has 0 saturated heterocycles. The summed E-state index contributed by atoms with van der Waals surface area (Å²) in [4.78, 5) is 10.7. The van der Waals surface area contributed by atoms with Crippen molar-refractivity contribution in [2.24, 2.45) is 5.92 Å². The zero-order chi connectivity index (χ0) is 15.2. The van der Waals surface area contributed by atoms with Crippen LogP contribution >= 0.6 is 11.6 Å². The van der Waals surface area contributed by atoms with Crippen molar-refractivity contribution >= 4 is 17.3 Å². The highest BCUT2D eigenvalue weighted by Crippen LogP contribution is 2.27. The Bertz CT molecular complexity index is 485. The van der Waals surface area contributed by atoms with Crippen LogP contribution in [0.3, 0.4) is 0 Å². The summed E-state index contributed by atoms with van der Waals surface area (Å²) >= 11 is 5.84. The monoisotopic (exact) mass is 310 g/mol. The molecule has 1 aromatic carbocycles. The summed E-state index contributed by atoms with van der Waals surface area (Å²) in [6.45, 7) is 2.71. The van der Waals surface area contributed by atoms with Crippen LogP contribution in [0, 0.1) is 16.0 Å². The molecule has 1 N–H and O–H groups in total. The molecular formula is C16H23ClN2O2. The van der Waals surface area contributed by atoms with Crippen LogP contribution in [0.1, 0.15) is 51.0 Å². The van der Waals surface area contributed by atoms with Crippen molar-refractivity contribution < 1.29 is 4.92 Å². The predicted octanol–water partition coefficient (Wildman–Crippen LogP) is 4.70. The molecule has 1 aromatic rings. The zero-order valence-electron chi connectivity index (χ0n) is 12.5. The van der Waals surface area contributed by atoms with Crippen molar-refractivity contribution in [2.75, 3.05) is 0 Å². The van der Waals surface area contributed by atoms with E-state index in [4.69, 9.17) is 11.6 Å². The highest BCUT2D eigenvalue weighted by atomic mass is 35.5. The molecule has 5 heteroatoms. The minimum atomic E-state index is -0.362. The van der Waals surface area contributed by atoms with Crippen LogP contribution in [0.15, 0.2) is 18.2 Å². The van der Waals surface area contributed by atoms with Crippen LogP contribution < -0.4 is 5.32 Å². The topological polar surface area (TPSA) is 55.2 Å². The van der Waals surface area contributed by atoms with Gasteiger partial charge in [0.2, 0.25) is 0 Å². The first-order valence-corrected chi connectivity index (χ1v) is 8.12. The highest BCUT2D eigenvalue weighted by molar-refractivity contribution is 6.30. The number of halogens is 1. The Labute approximate surface area is 131 Å². The van der Waals surface area contributed by atoms with Gasteiger partial charge in [0.15, 0.2) is 0 Å². The Morgan fingerprint density at radius 3 is 2.62 bits per heavy atom. The van der Waals surface area contributed by atoms with Gasteiger partial charge in [-0.2, -0.15) is 0 Å². The molecule has 0 spiro atoms. The van der Waals surface area contributed by atoms with Crippen LogP contribution in [-0.4, -0.2) is 11.0 Å². The van der Waals surface area contributed by atoms with E-state index < -0.39 is 0 Å². The number of nitro groups is 1. The number of hydrogen-bond donors (Lipinski definition) is 1. The third-order valence-corrected chi connectivity index (χ3v) is 4.70. The molecule has 0 bridgehead atoms. The van der Waals surface area contributed by atoms with Crippen LogP contribution in [0.25, 0.3) is 0 Å². The first kappa shape index (κ1) is 16.2. The van der Waals surface area contributed by atoms with Gasteiger partial charge in [-0.15, -0.1) is 0 Å². The molecule has 0 unspecified atom stereocenters. The quantitative estimate of drug-likeness (QED) is 0.487. The van der Waals surface area contributed by atoms with Crippen molar-refractivity contribution in [2.45, 2.75) is 58.0 Å². The predicted molar refractivity (Wildman–Crippen MR) is 85.6 cm³/mol. The lowest BCUT2D eigenvalue weighted by molar-refractivity contribution is -0.385. The minimum absolute atomic E-state index is 0.100. The molecule has 4 nitrogen and oxygen atoms in total. The summed E-state index contributed by atoms with van der Waals surface area (Å²) in [5, 5.41) is 15.0. The van der Waals surface area contributed by atoms with E-state index in [2.05, 4.69) is 12.2 Å². The highest BCUT2D eigenvalue weighted by Gasteiger charge is 2.20. The van der Waals surface area contributed by atoms with Crippen molar-refractivity contribution in [3.63, 3.8) is 0 Å². The molecule has 1 atom stereocenters. The maximum atomic E-state index is 11.1. The molecule has 0 aliphatic heterocycles. The Hall–Kier alpha value is -1.13. The fourth-order valence-corrected chi connectivity index (χ4v) is 3.27. The van der Waals surface area contributed by atoms with Crippen molar-refractivity contribution in [3.05, 3.63) is 38.9 Å². The van der Waals surface area contributed by atoms with E-state index in [9.17, 15) is 10.1 Å². The first-order valence-electron chi connectivity index (χ1n) is 7.74. The van der Waals surface area contributed by atoms with Gasteiger partial charge >= 0.3 is 0 Å². The Morgan fingerprint density at radius 2 is 2.00 bits per heavy atom. The third kappa shape index (κ3) is 4.68. The van der Waals surface area contributed by atoms with Gasteiger partial charge in [-0.1, -0.05) is 37.3 Å². The first-order chi connectivity index (χ1) is 10.1. The van der Waals surface area contributed by atoms with Gasteiger partial charge in [-0.25, -0.2) is 0 Å². The molecule has 116 valence electrons. The van der Waals surface area contributed by atoms with Crippen LogP contribution in [0.2, 0.25) is 5.02 Å². The van der Waals surface area contributed by atoms with Gasteiger partial charge in [-0.05, 0) is 37.8 Å². The van der Waals surface area contributed by atoms with Gasteiger partial charge < -0.3 is 5.32 Å². The van der Waals surface area contributed by atoms with Gasteiger partial charge in [0.1, 0.15) is 0 Å². The van der Waals surface area contributed by atoms with E-state index in [1.54, 1.807) is 12.1 Å². The Kier molecular flexibility index (Phi) is 6.00. The Balaban J connectivity index is 1.97. The lowest BCUT2D eigenvalue weighted by Gasteiger charge is -2.23. The second kappa shape index (κ2) is 7.76. The molecule has 0 amide bonds. The summed E-state index contributed by atoms with van der Waals surface area (Å²) in [5.41, 5.74) is 0.799. The van der Waals surface area contributed by atoms with E-state index in [-0.39, 0.29) is 10.6 Å². The number of nitro benzene ring substituents is 1. The molecule has 1 aliphatic rings. The summed E-state index contributed by atoms with van der Waals surface area (Å²) in [6.07, 6.45) is 7.81. The number of nitrogens with zero attached hydrogens (tertiary/aromatic N) is 1. The van der Waals surface area contributed by atoms with Crippen molar-refractivity contribution in [1.29, 1.82) is 0 Å². The van der Waals surface area contributed by atoms with E-state index in [1.807, 2.05) is 0 Å². The zero-order valence-corrected chi connectivity index (χ0v) is 13.2. The summed E-state index contributed by atoms with van der Waals surface area (Å²) in [6, 6.07) is 5.27. The van der Waals surface area contributed by atoms with Gasteiger partial charge in [0, 0.05) is 29.2 Å². The maximum absolute atomic E-state index is 11.1. The molecule has 1 fully saturated rings. The fourth-order valence-electron chi connectivity index (χ4n) is 3.10. The molecular weight excluding hydrogens is 288 g/mol. The average molecular weight is 311 g/mol. The molecule has 21 heavy (non-hydrogen) atoms. The average Bonchev–Trinajstić information content (AvgIpc) is 2.74. The number of nitrogens with one attached hydrogen (secondary N) is 1. The molecule has 0 heterocycles. The number of rotatable bonds is 5. The molecule has 0 radical (unpaired) electrons. The second-order valence-electron chi connectivity index (χ2n) is 5.95. The van der Waals surface area contributed by atoms with Gasteiger partial charge in [0.25, 0.3) is 5.69 Å². The minimum Gasteiger partial charge on any atom is -0.310 e. The molecule has 1 aliphatic carbocycles. The summed E-state index contributed by atoms with van der Waals surface area (Å²) < 4.78 is 0. The second-order valence-corrected chi connectivity index (χ2v) is 6.39. The summed E-state index contributed by atoms with van der Waals surface area (Å²) in [7, 11) is 0. The fraction of sp³-hybridized carbons (Fsp3) is 0.625. The SMILES string of the molecule is C[C@@H](NCc1ccc(Cl)cc1[N+](=O)[O-])C1CCCCCC1. The smallest absolute Gasteiger partial charge is 0.275 e. The van der Waals surface area contributed by atoms with Gasteiger partial charge in [-0.3, -0.25) is 10.1 Å². The standard InChI is InChI=1S/C16H23ClN2O2/c1-12(13-6-4-2-3-5-7-13)18-11-14-8-9-15(17)10-16(14)19(20)21/h8-10,12-13,18H,2-7,11H2,1H3/t12-/m1/s1. The lowest BCUT2D eigenvalue weighted by Crippen LogP contribution is -2.33. The largest absolute Gasteiger partial charge is 0.310 e. The normalized spacial score (nSPS) is 18.2. The molecule has 1 saturated carbocycles.